The summed E-state index contributed by atoms with van der Waals surface area (Å²) >= 11 is 0. The lowest BCUT2D eigenvalue weighted by Crippen LogP contribution is -1.93. The molecule has 0 aromatic rings. The third-order valence-electron chi connectivity index (χ3n) is 8.93. The molecule has 0 aromatic heterocycles. The van der Waals surface area contributed by atoms with Crippen molar-refractivity contribution in [3.05, 3.63) is 23.8 Å². The van der Waals surface area contributed by atoms with Crippen molar-refractivity contribution in [3.63, 3.8) is 0 Å². The van der Waals surface area contributed by atoms with Crippen LogP contribution in [0.2, 0.25) is 0 Å². The second-order valence-corrected chi connectivity index (χ2v) is 13.3. The predicted octanol–water partition coefficient (Wildman–Crippen LogP) is 13.5. The van der Waals surface area contributed by atoms with Gasteiger partial charge in [-0.2, -0.15) is 0 Å². The molecule has 2 N–H and O–H groups in total. The van der Waals surface area contributed by atoms with Crippen LogP contribution in [0, 0.1) is 0 Å². The number of carboxylic acids is 2. The van der Waals surface area contributed by atoms with Crippen LogP contribution >= 0.6 is 0 Å². The summed E-state index contributed by atoms with van der Waals surface area (Å²) in [5.41, 5.74) is 1.71. The smallest absolute Gasteiger partial charge is 0.303 e. The zero-order chi connectivity index (χ0) is 32.2. The molecule has 0 saturated heterocycles. The average molecular weight is 619 g/mol. The van der Waals surface area contributed by atoms with Crippen LogP contribution in [-0.4, -0.2) is 22.2 Å². The van der Waals surface area contributed by atoms with Crippen LogP contribution in [0.1, 0.15) is 219 Å². The van der Waals surface area contributed by atoms with Gasteiger partial charge in [-0.15, -0.1) is 0 Å². The Kier molecular flexibility index (Phi) is 34.6. The van der Waals surface area contributed by atoms with Gasteiger partial charge in [0.2, 0.25) is 0 Å². The molecule has 0 spiro atoms. The van der Waals surface area contributed by atoms with Crippen LogP contribution in [0.3, 0.4) is 0 Å². The summed E-state index contributed by atoms with van der Waals surface area (Å²) in [6.45, 7) is 2.29. The van der Waals surface area contributed by atoms with Crippen LogP contribution in [-0.2, 0) is 9.59 Å². The van der Waals surface area contributed by atoms with Gasteiger partial charge in [0.1, 0.15) is 0 Å². The van der Waals surface area contributed by atoms with Crippen molar-refractivity contribution in [3.8, 4) is 0 Å². The first-order valence-electron chi connectivity index (χ1n) is 19.3. The summed E-state index contributed by atoms with van der Waals surface area (Å²) in [7, 11) is 0. The fourth-order valence-electron chi connectivity index (χ4n) is 6.05. The summed E-state index contributed by atoms with van der Waals surface area (Å²) in [5, 5.41) is 17.4. The first-order chi connectivity index (χ1) is 21.6. The van der Waals surface area contributed by atoms with Gasteiger partial charge in [-0.1, -0.05) is 153 Å². The lowest BCUT2D eigenvalue weighted by molar-refractivity contribution is -0.138. The lowest BCUT2D eigenvalue weighted by Gasteiger charge is -2.09. The molecule has 0 amide bonds. The Morgan fingerprint density at radius 1 is 0.386 bits per heavy atom. The largest absolute Gasteiger partial charge is 0.481 e. The first-order valence-corrected chi connectivity index (χ1v) is 19.3. The van der Waals surface area contributed by atoms with E-state index in [2.05, 4.69) is 25.2 Å². The zero-order valence-electron chi connectivity index (χ0n) is 29.3. The monoisotopic (exact) mass is 619 g/mol. The molecule has 0 aliphatic rings. The molecule has 0 saturated carbocycles. The van der Waals surface area contributed by atoms with Crippen molar-refractivity contribution in [1.29, 1.82) is 0 Å². The Balaban J connectivity index is 3.85. The van der Waals surface area contributed by atoms with Crippen molar-refractivity contribution in [2.75, 3.05) is 0 Å². The normalized spacial score (nSPS) is 12.0. The maximum atomic E-state index is 10.7. The van der Waals surface area contributed by atoms with Crippen LogP contribution in [0.4, 0.5) is 0 Å². The van der Waals surface area contributed by atoms with E-state index in [1.807, 2.05) is 0 Å². The Hall–Kier alpha value is -1.58. The van der Waals surface area contributed by atoms with Crippen LogP contribution < -0.4 is 0 Å². The van der Waals surface area contributed by atoms with Gasteiger partial charge in [0.05, 0.1) is 0 Å². The Morgan fingerprint density at radius 3 is 1.05 bits per heavy atom. The minimum atomic E-state index is -0.669. The van der Waals surface area contributed by atoms with Gasteiger partial charge in [0, 0.05) is 12.8 Å². The number of hydrogen-bond donors (Lipinski definition) is 2. The highest BCUT2D eigenvalue weighted by Gasteiger charge is 2.02. The quantitative estimate of drug-likeness (QED) is 0.0541. The molecule has 0 fully saturated rings. The fourth-order valence-corrected chi connectivity index (χ4v) is 6.05. The molecule has 0 radical (unpaired) electrons. The van der Waals surface area contributed by atoms with Crippen molar-refractivity contribution >= 4 is 11.9 Å². The maximum absolute atomic E-state index is 10.7. The number of carboxylic acid groups (broad SMARTS) is 2. The molecular formula is C40H74O4. The topological polar surface area (TPSA) is 74.6 Å². The van der Waals surface area contributed by atoms with Crippen molar-refractivity contribution in [1.82, 2.24) is 0 Å². The van der Waals surface area contributed by atoms with Gasteiger partial charge in [-0.05, 0) is 77.0 Å². The van der Waals surface area contributed by atoms with Crippen molar-refractivity contribution < 1.29 is 19.8 Å². The number of rotatable bonds is 36. The Morgan fingerprint density at radius 2 is 0.682 bits per heavy atom. The summed E-state index contributed by atoms with van der Waals surface area (Å²) in [6, 6.07) is 0. The van der Waals surface area contributed by atoms with Crippen LogP contribution in [0.25, 0.3) is 0 Å². The molecule has 0 aromatic carbocycles. The lowest BCUT2D eigenvalue weighted by atomic mass is 9.97. The summed E-state index contributed by atoms with van der Waals surface area (Å²) in [4.78, 5) is 21.2. The van der Waals surface area contributed by atoms with Crippen molar-refractivity contribution in [2.24, 2.45) is 0 Å². The molecule has 4 nitrogen and oxygen atoms in total. The van der Waals surface area contributed by atoms with Gasteiger partial charge in [0.15, 0.2) is 0 Å². The van der Waals surface area contributed by atoms with E-state index < -0.39 is 11.9 Å². The standard InChI is InChI=1S/C40H74O4/c1-2-3-4-5-6-18-23-28-33-38(35-30-25-21-22-27-32-37-40(43)44)34-29-24-19-16-14-12-10-8-7-9-11-13-15-17-20-26-31-36-39(41)42/h9,11,35H,2-8,10,12-34,36-37H2,1H3,(H,41,42)(H,43,44). The third-order valence-corrected chi connectivity index (χ3v) is 8.93. The maximum Gasteiger partial charge on any atom is 0.303 e. The summed E-state index contributed by atoms with van der Waals surface area (Å²) in [5.74, 6) is -1.33. The van der Waals surface area contributed by atoms with E-state index in [9.17, 15) is 9.59 Å². The average Bonchev–Trinajstić information content (AvgIpc) is 3.00. The SMILES string of the molecule is CCCCCCCCCCC(=CCCCCCCCC(=O)O)CCCCCCCCCCC=CCCCCCCCC(=O)O. The second kappa shape index (κ2) is 35.9. The minimum absolute atomic E-state index is 0.320. The molecule has 0 rings (SSSR count). The number of hydrogen-bond acceptors (Lipinski definition) is 2. The highest BCUT2D eigenvalue weighted by atomic mass is 16.4. The highest BCUT2D eigenvalue weighted by Crippen LogP contribution is 2.21. The van der Waals surface area contributed by atoms with E-state index in [0.717, 1.165) is 32.1 Å². The molecule has 0 atom stereocenters. The van der Waals surface area contributed by atoms with E-state index in [1.165, 1.54) is 167 Å². The molecule has 4 heteroatoms. The van der Waals surface area contributed by atoms with Gasteiger partial charge in [-0.3, -0.25) is 9.59 Å². The van der Waals surface area contributed by atoms with Gasteiger partial charge in [0.25, 0.3) is 0 Å². The molecule has 258 valence electrons. The molecule has 0 unspecified atom stereocenters. The van der Waals surface area contributed by atoms with E-state index in [1.54, 1.807) is 5.57 Å². The number of allylic oxidation sites excluding steroid dienone is 4. The zero-order valence-corrected chi connectivity index (χ0v) is 29.3. The second-order valence-electron chi connectivity index (χ2n) is 13.3. The molecule has 0 bridgehead atoms. The Bertz CT molecular complexity index is 681. The molecule has 0 aliphatic heterocycles. The van der Waals surface area contributed by atoms with Crippen LogP contribution in [0.15, 0.2) is 23.8 Å². The summed E-state index contributed by atoms with van der Waals surface area (Å²) < 4.78 is 0. The van der Waals surface area contributed by atoms with E-state index in [-0.39, 0.29) is 0 Å². The number of carbonyl (C=O) groups is 2. The van der Waals surface area contributed by atoms with Gasteiger partial charge < -0.3 is 10.2 Å². The third kappa shape index (κ3) is 36.6. The summed E-state index contributed by atoms with van der Waals surface area (Å²) in [6.07, 6.45) is 47.2. The first kappa shape index (κ1) is 42.4. The van der Waals surface area contributed by atoms with E-state index in [0.29, 0.717) is 12.8 Å². The van der Waals surface area contributed by atoms with Gasteiger partial charge >= 0.3 is 11.9 Å². The molecule has 0 aliphatic carbocycles. The number of aliphatic carboxylic acids is 2. The van der Waals surface area contributed by atoms with Crippen molar-refractivity contribution in [2.45, 2.75) is 219 Å². The molecule has 44 heavy (non-hydrogen) atoms. The Labute approximate surface area is 274 Å². The minimum Gasteiger partial charge on any atom is -0.481 e. The van der Waals surface area contributed by atoms with Crippen LogP contribution in [0.5, 0.6) is 0 Å². The van der Waals surface area contributed by atoms with E-state index in [4.69, 9.17) is 10.2 Å². The molecule has 0 heterocycles. The van der Waals surface area contributed by atoms with Gasteiger partial charge in [-0.25, -0.2) is 0 Å². The predicted molar refractivity (Wildman–Crippen MR) is 191 cm³/mol. The molecular weight excluding hydrogens is 544 g/mol. The highest BCUT2D eigenvalue weighted by molar-refractivity contribution is 5.66. The fraction of sp³-hybridized carbons (Fsp3) is 0.850. The number of unbranched alkanes of at least 4 members (excludes halogenated alkanes) is 25. The van der Waals surface area contributed by atoms with E-state index >= 15 is 0 Å².